The molecular weight excluding hydrogens is 266 g/mol. The van der Waals surface area contributed by atoms with Crippen molar-refractivity contribution in [1.29, 1.82) is 0 Å². The number of anilines is 1. The van der Waals surface area contributed by atoms with Crippen LogP contribution in [0.1, 0.15) is 37.2 Å². The lowest BCUT2D eigenvalue weighted by molar-refractivity contribution is -0.117. The zero-order valence-corrected chi connectivity index (χ0v) is 10.6. The highest BCUT2D eigenvalue weighted by molar-refractivity contribution is 9.10. The van der Waals surface area contributed by atoms with Crippen LogP contribution < -0.4 is 5.32 Å². The number of fused-ring (bicyclic) bond motifs is 1. The van der Waals surface area contributed by atoms with E-state index in [0.717, 1.165) is 16.1 Å². The van der Waals surface area contributed by atoms with Gasteiger partial charge >= 0.3 is 0 Å². The third-order valence-corrected chi connectivity index (χ3v) is 4.49. The molecule has 1 unspecified atom stereocenters. The number of hydrogen-bond acceptors (Lipinski definition) is 1. The van der Waals surface area contributed by atoms with Gasteiger partial charge in [-0.05, 0) is 52.2 Å². The molecule has 1 N–H and O–H groups in total. The second-order valence-electron chi connectivity index (χ2n) is 4.75. The fraction of sp³-hybridized carbons (Fsp3) is 0.462. The Morgan fingerprint density at radius 2 is 2.12 bits per heavy atom. The summed E-state index contributed by atoms with van der Waals surface area (Å²) in [5.41, 5.74) is 2.31. The van der Waals surface area contributed by atoms with Crippen molar-refractivity contribution in [2.45, 2.75) is 31.6 Å². The molecule has 1 fully saturated rings. The number of halogens is 1. The third kappa shape index (κ3) is 1.58. The number of amides is 1. The van der Waals surface area contributed by atoms with Crippen LogP contribution in [0, 0.1) is 5.92 Å². The molecule has 1 aliphatic carbocycles. The van der Waals surface area contributed by atoms with E-state index in [4.69, 9.17) is 0 Å². The zero-order chi connectivity index (χ0) is 11.1. The Kier molecular flexibility index (Phi) is 2.51. The van der Waals surface area contributed by atoms with Gasteiger partial charge in [-0.1, -0.05) is 18.6 Å². The highest BCUT2D eigenvalue weighted by Gasteiger charge is 2.34. The Morgan fingerprint density at radius 1 is 1.31 bits per heavy atom. The number of para-hydroxylation sites is 1. The second-order valence-corrected chi connectivity index (χ2v) is 5.61. The molecule has 1 aromatic rings. The van der Waals surface area contributed by atoms with Crippen molar-refractivity contribution in [1.82, 2.24) is 0 Å². The normalized spacial score (nSPS) is 24.6. The van der Waals surface area contributed by atoms with Crippen LogP contribution in [0.4, 0.5) is 5.69 Å². The predicted octanol–water partition coefficient (Wildman–Crippen LogP) is 3.68. The standard InChI is InChI=1S/C13H14BrNO/c14-11-6-2-5-9-10(8-3-1-4-8)7-12(16)15-13(9)11/h2,5-6,8,10H,1,3-4,7H2,(H,15,16). The summed E-state index contributed by atoms with van der Waals surface area (Å²) in [5, 5.41) is 2.98. The molecule has 0 spiro atoms. The predicted molar refractivity (Wildman–Crippen MR) is 67.5 cm³/mol. The van der Waals surface area contributed by atoms with Crippen LogP contribution in [0.5, 0.6) is 0 Å². The van der Waals surface area contributed by atoms with E-state index in [-0.39, 0.29) is 5.91 Å². The van der Waals surface area contributed by atoms with Gasteiger partial charge in [0.05, 0.1) is 5.69 Å². The number of carbonyl (C=O) groups is 1. The lowest BCUT2D eigenvalue weighted by Gasteiger charge is -2.37. The summed E-state index contributed by atoms with van der Waals surface area (Å²) in [6.45, 7) is 0. The molecule has 0 radical (unpaired) electrons. The molecule has 1 amide bonds. The molecule has 0 saturated heterocycles. The first kappa shape index (κ1) is 10.3. The first-order chi connectivity index (χ1) is 7.75. The van der Waals surface area contributed by atoms with E-state index in [0.29, 0.717) is 12.3 Å². The van der Waals surface area contributed by atoms with Crippen molar-refractivity contribution < 1.29 is 4.79 Å². The van der Waals surface area contributed by atoms with Gasteiger partial charge in [-0.2, -0.15) is 0 Å². The summed E-state index contributed by atoms with van der Waals surface area (Å²) in [6.07, 6.45) is 4.55. The topological polar surface area (TPSA) is 29.1 Å². The lowest BCUT2D eigenvalue weighted by atomic mass is 9.70. The van der Waals surface area contributed by atoms with Crippen LogP contribution in [-0.2, 0) is 4.79 Å². The second kappa shape index (κ2) is 3.88. The van der Waals surface area contributed by atoms with E-state index in [1.807, 2.05) is 6.07 Å². The highest BCUT2D eigenvalue weighted by atomic mass is 79.9. The minimum absolute atomic E-state index is 0.163. The highest BCUT2D eigenvalue weighted by Crippen LogP contribution is 2.47. The van der Waals surface area contributed by atoms with E-state index >= 15 is 0 Å². The molecule has 1 aromatic carbocycles. The zero-order valence-electron chi connectivity index (χ0n) is 9.00. The van der Waals surface area contributed by atoms with Gasteiger partial charge in [0.25, 0.3) is 0 Å². The van der Waals surface area contributed by atoms with Crippen LogP contribution >= 0.6 is 15.9 Å². The van der Waals surface area contributed by atoms with E-state index in [2.05, 4.69) is 33.4 Å². The van der Waals surface area contributed by atoms with Gasteiger partial charge in [0, 0.05) is 10.9 Å². The maximum atomic E-state index is 11.7. The maximum Gasteiger partial charge on any atom is 0.225 e. The molecule has 1 heterocycles. The average molecular weight is 280 g/mol. The monoisotopic (exact) mass is 279 g/mol. The SMILES string of the molecule is O=C1CC(C2CCC2)c2cccc(Br)c2N1. The fourth-order valence-corrected chi connectivity index (χ4v) is 3.23. The fourth-order valence-electron chi connectivity index (χ4n) is 2.74. The third-order valence-electron chi connectivity index (χ3n) is 3.83. The quantitative estimate of drug-likeness (QED) is 0.835. The molecule has 2 nitrogen and oxygen atoms in total. The summed E-state index contributed by atoms with van der Waals surface area (Å²) in [7, 11) is 0. The van der Waals surface area contributed by atoms with Crippen molar-refractivity contribution in [3.05, 3.63) is 28.2 Å². The van der Waals surface area contributed by atoms with Crippen LogP contribution in [-0.4, -0.2) is 5.91 Å². The van der Waals surface area contributed by atoms with Crippen molar-refractivity contribution in [2.75, 3.05) is 5.32 Å². The first-order valence-electron chi connectivity index (χ1n) is 5.84. The number of carbonyl (C=O) groups excluding carboxylic acids is 1. The largest absolute Gasteiger partial charge is 0.325 e. The van der Waals surface area contributed by atoms with Gasteiger partial charge in [-0.15, -0.1) is 0 Å². The van der Waals surface area contributed by atoms with Gasteiger partial charge in [0.2, 0.25) is 5.91 Å². The smallest absolute Gasteiger partial charge is 0.225 e. The summed E-state index contributed by atoms with van der Waals surface area (Å²) in [5.74, 6) is 1.32. The Bertz CT molecular complexity index is 440. The average Bonchev–Trinajstić information content (AvgIpc) is 2.17. The van der Waals surface area contributed by atoms with E-state index < -0.39 is 0 Å². The van der Waals surface area contributed by atoms with Crippen molar-refractivity contribution in [3.63, 3.8) is 0 Å². The van der Waals surface area contributed by atoms with E-state index in [9.17, 15) is 4.79 Å². The molecular formula is C13H14BrNO. The molecule has 1 atom stereocenters. The molecule has 1 aliphatic heterocycles. The Labute approximate surface area is 104 Å². The Hall–Kier alpha value is -0.830. The van der Waals surface area contributed by atoms with Crippen molar-refractivity contribution in [2.24, 2.45) is 5.92 Å². The molecule has 3 rings (SSSR count). The molecule has 0 bridgehead atoms. The number of rotatable bonds is 1. The number of nitrogens with one attached hydrogen (secondary N) is 1. The molecule has 2 aliphatic rings. The molecule has 1 saturated carbocycles. The number of benzene rings is 1. The first-order valence-corrected chi connectivity index (χ1v) is 6.63. The molecule has 84 valence electrons. The van der Waals surface area contributed by atoms with Crippen LogP contribution in [0.3, 0.4) is 0 Å². The Morgan fingerprint density at radius 3 is 2.81 bits per heavy atom. The van der Waals surface area contributed by atoms with Crippen LogP contribution in [0.25, 0.3) is 0 Å². The Balaban J connectivity index is 2.03. The summed E-state index contributed by atoms with van der Waals surface area (Å²) < 4.78 is 1.00. The van der Waals surface area contributed by atoms with Crippen LogP contribution in [0.2, 0.25) is 0 Å². The number of hydrogen-bond donors (Lipinski definition) is 1. The van der Waals surface area contributed by atoms with E-state index in [1.54, 1.807) is 0 Å². The summed E-state index contributed by atoms with van der Waals surface area (Å²) in [4.78, 5) is 11.7. The molecule has 3 heteroatoms. The summed E-state index contributed by atoms with van der Waals surface area (Å²) >= 11 is 3.51. The summed E-state index contributed by atoms with van der Waals surface area (Å²) in [6, 6.07) is 6.21. The maximum absolute atomic E-state index is 11.7. The lowest BCUT2D eigenvalue weighted by Crippen LogP contribution is -2.30. The van der Waals surface area contributed by atoms with Gasteiger partial charge in [-0.3, -0.25) is 4.79 Å². The van der Waals surface area contributed by atoms with Gasteiger partial charge < -0.3 is 5.32 Å². The van der Waals surface area contributed by atoms with Crippen molar-refractivity contribution >= 4 is 27.5 Å². The minimum Gasteiger partial charge on any atom is -0.325 e. The van der Waals surface area contributed by atoms with E-state index in [1.165, 1.54) is 24.8 Å². The molecule has 0 aromatic heterocycles. The van der Waals surface area contributed by atoms with Gasteiger partial charge in [0.1, 0.15) is 0 Å². The minimum atomic E-state index is 0.163. The molecule has 16 heavy (non-hydrogen) atoms. The van der Waals surface area contributed by atoms with Crippen LogP contribution in [0.15, 0.2) is 22.7 Å². The van der Waals surface area contributed by atoms with Gasteiger partial charge in [-0.25, -0.2) is 0 Å². The van der Waals surface area contributed by atoms with Crippen molar-refractivity contribution in [3.8, 4) is 0 Å². The van der Waals surface area contributed by atoms with Gasteiger partial charge in [0.15, 0.2) is 0 Å².